The predicted octanol–water partition coefficient (Wildman–Crippen LogP) is 4.22. The number of carbonyl (C=O) groups is 2. The van der Waals surface area contributed by atoms with Crippen LogP contribution in [-0.4, -0.2) is 35.3 Å². The number of carbonyl (C=O) groups excluding carboxylic acids is 2. The molecule has 4 heteroatoms. The van der Waals surface area contributed by atoms with Gasteiger partial charge in [-0.2, -0.15) is 0 Å². The average molecular weight is 395 g/mol. The van der Waals surface area contributed by atoms with Gasteiger partial charge in [-0.15, -0.1) is 0 Å². The molecule has 0 heterocycles. The first kappa shape index (κ1) is 22.7. The molecule has 0 spiro atoms. The van der Waals surface area contributed by atoms with E-state index in [1.54, 1.807) is 4.90 Å². The summed E-state index contributed by atoms with van der Waals surface area (Å²) < 4.78 is 0. The topological polar surface area (TPSA) is 49.4 Å². The zero-order chi connectivity index (χ0) is 21.4. The summed E-state index contributed by atoms with van der Waals surface area (Å²) in [5.41, 5.74) is 4.45. The number of aryl methyl sites for hydroxylation is 2. The summed E-state index contributed by atoms with van der Waals surface area (Å²) in [6.07, 6.45) is 1.62. The second-order valence-corrected chi connectivity index (χ2v) is 8.08. The van der Waals surface area contributed by atoms with E-state index in [0.717, 1.165) is 28.7 Å². The fourth-order valence-corrected chi connectivity index (χ4v) is 3.72. The number of hydrogen-bond donors (Lipinski definition) is 1. The van der Waals surface area contributed by atoms with Crippen molar-refractivity contribution >= 4 is 11.8 Å². The zero-order valence-electron chi connectivity index (χ0n) is 18.4. The Hall–Kier alpha value is -2.62. The van der Waals surface area contributed by atoms with Gasteiger partial charge in [-0.1, -0.05) is 66.6 Å². The van der Waals surface area contributed by atoms with Crippen molar-refractivity contribution in [2.45, 2.75) is 66.0 Å². The predicted molar refractivity (Wildman–Crippen MR) is 119 cm³/mol. The summed E-state index contributed by atoms with van der Waals surface area (Å²) in [5.74, 6) is -0.0824. The first-order valence-corrected chi connectivity index (χ1v) is 10.5. The summed E-state index contributed by atoms with van der Waals surface area (Å²) in [6.45, 7) is 10.5. The van der Waals surface area contributed by atoms with Crippen LogP contribution in [0.5, 0.6) is 0 Å². The molecule has 2 amide bonds. The van der Waals surface area contributed by atoms with Crippen molar-refractivity contribution in [2.75, 3.05) is 6.54 Å². The Balaban J connectivity index is 2.23. The van der Waals surface area contributed by atoms with Crippen LogP contribution in [0.3, 0.4) is 0 Å². The third-order valence-corrected chi connectivity index (χ3v) is 4.94. The first-order valence-electron chi connectivity index (χ1n) is 10.5. The molecule has 0 aliphatic carbocycles. The molecule has 1 N–H and O–H groups in total. The molecular formula is C25H34N2O2. The van der Waals surface area contributed by atoms with Gasteiger partial charge in [0.25, 0.3) is 0 Å². The third-order valence-electron chi connectivity index (χ3n) is 4.94. The van der Waals surface area contributed by atoms with Gasteiger partial charge in [0.05, 0.1) is 6.42 Å². The molecule has 2 aromatic carbocycles. The molecule has 4 nitrogen and oxygen atoms in total. The highest BCUT2D eigenvalue weighted by Crippen LogP contribution is 2.14. The molecule has 156 valence electrons. The van der Waals surface area contributed by atoms with Crippen molar-refractivity contribution in [1.29, 1.82) is 0 Å². The van der Waals surface area contributed by atoms with E-state index in [9.17, 15) is 9.59 Å². The maximum Gasteiger partial charge on any atom is 0.242 e. The molecule has 0 bridgehead atoms. The van der Waals surface area contributed by atoms with E-state index in [0.29, 0.717) is 19.4 Å². The van der Waals surface area contributed by atoms with Crippen molar-refractivity contribution in [3.05, 3.63) is 70.8 Å². The lowest BCUT2D eigenvalue weighted by atomic mass is 10.0. The largest absolute Gasteiger partial charge is 0.352 e. The lowest BCUT2D eigenvalue weighted by Crippen LogP contribution is -2.51. The van der Waals surface area contributed by atoms with E-state index in [4.69, 9.17) is 0 Å². The molecule has 29 heavy (non-hydrogen) atoms. The van der Waals surface area contributed by atoms with Crippen LogP contribution < -0.4 is 5.32 Å². The molecule has 0 aliphatic rings. The highest BCUT2D eigenvalue weighted by Gasteiger charge is 2.28. The highest BCUT2D eigenvalue weighted by molar-refractivity contribution is 5.88. The third kappa shape index (κ3) is 7.04. The summed E-state index contributed by atoms with van der Waals surface area (Å²) in [4.78, 5) is 27.9. The van der Waals surface area contributed by atoms with E-state index >= 15 is 0 Å². The molecule has 0 fully saturated rings. The Labute approximate surface area is 175 Å². The fourth-order valence-electron chi connectivity index (χ4n) is 3.72. The molecule has 2 rings (SSSR count). The molecule has 0 radical (unpaired) electrons. The van der Waals surface area contributed by atoms with E-state index in [1.165, 1.54) is 0 Å². The second-order valence-electron chi connectivity index (χ2n) is 8.08. The van der Waals surface area contributed by atoms with E-state index in [-0.39, 0.29) is 17.9 Å². The Bertz CT molecular complexity index is 795. The second kappa shape index (κ2) is 10.8. The molecule has 2 aromatic rings. The summed E-state index contributed by atoms with van der Waals surface area (Å²) in [7, 11) is 0. The molecule has 0 saturated heterocycles. The maximum absolute atomic E-state index is 13.3. The highest BCUT2D eigenvalue weighted by atomic mass is 16.2. The molecule has 0 aromatic heterocycles. The standard InChI is InChI=1S/C25H34N2O2/c1-6-23(25(29)26-18(2)3)27(13-12-21-10-8-7-9-11-21)24(28)17-22-15-19(4)14-20(5)16-22/h7-11,14-16,18,23H,6,12-13,17H2,1-5H3,(H,26,29)/t23-/m0/s1. The van der Waals surface area contributed by atoms with Crippen molar-refractivity contribution in [1.82, 2.24) is 10.2 Å². The van der Waals surface area contributed by atoms with Crippen molar-refractivity contribution in [3.8, 4) is 0 Å². The number of amides is 2. The lowest BCUT2D eigenvalue weighted by Gasteiger charge is -2.31. The van der Waals surface area contributed by atoms with Crippen LogP contribution in [0.4, 0.5) is 0 Å². The quantitative estimate of drug-likeness (QED) is 0.692. The van der Waals surface area contributed by atoms with Crippen molar-refractivity contribution in [3.63, 3.8) is 0 Å². The normalized spacial score (nSPS) is 11.9. The fraction of sp³-hybridized carbons (Fsp3) is 0.440. The molecule has 0 unspecified atom stereocenters. The molecule has 0 aliphatic heterocycles. The number of hydrogen-bond acceptors (Lipinski definition) is 2. The van der Waals surface area contributed by atoms with Crippen LogP contribution >= 0.6 is 0 Å². The monoisotopic (exact) mass is 394 g/mol. The van der Waals surface area contributed by atoms with Crippen LogP contribution in [-0.2, 0) is 22.4 Å². The summed E-state index contributed by atoms with van der Waals surface area (Å²) in [6, 6.07) is 15.9. The SMILES string of the molecule is CC[C@@H](C(=O)NC(C)C)N(CCc1ccccc1)C(=O)Cc1cc(C)cc(C)c1. The van der Waals surface area contributed by atoms with E-state index in [2.05, 4.69) is 35.6 Å². The first-order chi connectivity index (χ1) is 13.8. The van der Waals surface area contributed by atoms with Gasteiger partial charge in [0.1, 0.15) is 6.04 Å². The van der Waals surface area contributed by atoms with Crippen LogP contribution in [0, 0.1) is 13.8 Å². The van der Waals surface area contributed by atoms with Gasteiger partial charge in [-0.3, -0.25) is 9.59 Å². The summed E-state index contributed by atoms with van der Waals surface area (Å²) >= 11 is 0. The minimum atomic E-state index is -0.459. The minimum absolute atomic E-state index is 0.00307. The van der Waals surface area contributed by atoms with Gasteiger partial charge in [0, 0.05) is 12.6 Å². The average Bonchev–Trinajstić information content (AvgIpc) is 2.64. The summed E-state index contributed by atoms with van der Waals surface area (Å²) in [5, 5.41) is 2.98. The minimum Gasteiger partial charge on any atom is -0.352 e. The van der Waals surface area contributed by atoms with E-state index in [1.807, 2.05) is 52.8 Å². The van der Waals surface area contributed by atoms with Gasteiger partial charge in [0.2, 0.25) is 11.8 Å². The molecule has 0 saturated carbocycles. The van der Waals surface area contributed by atoms with E-state index < -0.39 is 6.04 Å². The zero-order valence-corrected chi connectivity index (χ0v) is 18.4. The van der Waals surface area contributed by atoms with Crippen LogP contribution in [0.1, 0.15) is 49.4 Å². The van der Waals surface area contributed by atoms with Crippen LogP contribution in [0.15, 0.2) is 48.5 Å². The van der Waals surface area contributed by atoms with Gasteiger partial charge in [0.15, 0.2) is 0 Å². The lowest BCUT2D eigenvalue weighted by molar-refractivity contribution is -0.140. The van der Waals surface area contributed by atoms with Gasteiger partial charge < -0.3 is 10.2 Å². The van der Waals surface area contributed by atoms with Crippen molar-refractivity contribution in [2.24, 2.45) is 0 Å². The smallest absolute Gasteiger partial charge is 0.242 e. The Kier molecular flexibility index (Phi) is 8.44. The molecular weight excluding hydrogens is 360 g/mol. The number of benzene rings is 2. The van der Waals surface area contributed by atoms with Crippen LogP contribution in [0.2, 0.25) is 0 Å². The number of nitrogens with zero attached hydrogens (tertiary/aromatic N) is 1. The Morgan fingerprint density at radius 1 is 0.966 bits per heavy atom. The molecule has 1 atom stereocenters. The Morgan fingerprint density at radius 2 is 1.59 bits per heavy atom. The van der Waals surface area contributed by atoms with Gasteiger partial charge >= 0.3 is 0 Å². The van der Waals surface area contributed by atoms with Gasteiger partial charge in [-0.05, 0) is 51.7 Å². The number of rotatable bonds is 9. The van der Waals surface area contributed by atoms with Gasteiger partial charge in [-0.25, -0.2) is 0 Å². The number of nitrogens with one attached hydrogen (secondary N) is 1. The van der Waals surface area contributed by atoms with Crippen molar-refractivity contribution < 1.29 is 9.59 Å². The Morgan fingerprint density at radius 3 is 2.14 bits per heavy atom. The van der Waals surface area contributed by atoms with Crippen LogP contribution in [0.25, 0.3) is 0 Å². The maximum atomic E-state index is 13.3.